The van der Waals surface area contributed by atoms with E-state index in [0.29, 0.717) is 19.3 Å². The van der Waals surface area contributed by atoms with E-state index in [0.717, 1.165) is 76.0 Å². The Kier molecular flexibility index (Phi) is 48.6. The van der Waals surface area contributed by atoms with E-state index in [9.17, 15) is 14.4 Å². The summed E-state index contributed by atoms with van der Waals surface area (Å²) in [6.07, 6.45) is 52.7. The number of carbonyl (C=O) groups excluding carboxylic acids is 3. The first-order valence-corrected chi connectivity index (χ1v) is 28.3. The summed E-state index contributed by atoms with van der Waals surface area (Å²) in [6.45, 7) is 11.4. The Bertz CT molecular complexity index is 964. The smallest absolute Gasteiger partial charge is 0.306 e. The second kappa shape index (κ2) is 49.8. The van der Waals surface area contributed by atoms with Crippen molar-refractivity contribution in [2.24, 2.45) is 11.8 Å². The van der Waals surface area contributed by atoms with E-state index in [1.807, 2.05) is 0 Å². The summed E-state index contributed by atoms with van der Waals surface area (Å²) >= 11 is 0. The molecule has 6 nitrogen and oxygen atoms in total. The molecular formula is C57H110O6. The van der Waals surface area contributed by atoms with Gasteiger partial charge in [0, 0.05) is 19.3 Å². The van der Waals surface area contributed by atoms with Crippen LogP contribution < -0.4 is 0 Å². The zero-order valence-corrected chi connectivity index (χ0v) is 43.2. The number of ether oxygens (including phenoxy) is 3. The van der Waals surface area contributed by atoms with Gasteiger partial charge in [-0.05, 0) is 31.1 Å². The number of rotatable bonds is 51. The lowest BCUT2D eigenvalue weighted by Gasteiger charge is -2.18. The molecule has 0 aliphatic rings. The summed E-state index contributed by atoms with van der Waals surface area (Å²) in [5.41, 5.74) is 0. The van der Waals surface area contributed by atoms with Crippen molar-refractivity contribution >= 4 is 17.9 Å². The van der Waals surface area contributed by atoms with Crippen LogP contribution in [-0.4, -0.2) is 37.2 Å². The highest BCUT2D eigenvalue weighted by Crippen LogP contribution is 2.19. The fourth-order valence-electron chi connectivity index (χ4n) is 8.66. The molecule has 0 radical (unpaired) electrons. The summed E-state index contributed by atoms with van der Waals surface area (Å²) in [6, 6.07) is 0. The monoisotopic (exact) mass is 891 g/mol. The van der Waals surface area contributed by atoms with E-state index in [1.165, 1.54) is 199 Å². The molecule has 0 aliphatic heterocycles. The third kappa shape index (κ3) is 49.7. The van der Waals surface area contributed by atoms with Crippen molar-refractivity contribution in [3.8, 4) is 0 Å². The van der Waals surface area contributed by atoms with Crippen LogP contribution in [-0.2, 0) is 28.6 Å². The average molecular weight is 892 g/mol. The van der Waals surface area contributed by atoms with Crippen molar-refractivity contribution in [1.82, 2.24) is 0 Å². The van der Waals surface area contributed by atoms with Gasteiger partial charge in [-0.1, -0.05) is 279 Å². The maximum absolute atomic E-state index is 12.8. The van der Waals surface area contributed by atoms with Gasteiger partial charge in [-0.3, -0.25) is 14.4 Å². The maximum Gasteiger partial charge on any atom is 0.306 e. The van der Waals surface area contributed by atoms with Gasteiger partial charge in [0.05, 0.1) is 0 Å². The van der Waals surface area contributed by atoms with E-state index in [4.69, 9.17) is 14.2 Å². The molecule has 0 aromatic carbocycles. The van der Waals surface area contributed by atoms with Crippen molar-refractivity contribution in [1.29, 1.82) is 0 Å². The van der Waals surface area contributed by atoms with E-state index in [-0.39, 0.29) is 31.1 Å². The van der Waals surface area contributed by atoms with Gasteiger partial charge < -0.3 is 14.2 Å². The third-order valence-corrected chi connectivity index (χ3v) is 13.3. The minimum Gasteiger partial charge on any atom is -0.462 e. The van der Waals surface area contributed by atoms with Crippen LogP contribution in [0.5, 0.6) is 0 Å². The van der Waals surface area contributed by atoms with E-state index < -0.39 is 6.10 Å². The van der Waals surface area contributed by atoms with Crippen LogP contribution in [0.2, 0.25) is 0 Å². The molecule has 0 aromatic heterocycles. The zero-order chi connectivity index (χ0) is 46.1. The third-order valence-electron chi connectivity index (χ3n) is 13.3. The molecule has 0 N–H and O–H groups in total. The van der Waals surface area contributed by atoms with Crippen LogP contribution in [0.25, 0.3) is 0 Å². The Morgan fingerprint density at radius 2 is 0.603 bits per heavy atom. The molecule has 0 aliphatic carbocycles. The van der Waals surface area contributed by atoms with Crippen molar-refractivity contribution in [2.75, 3.05) is 13.2 Å². The molecule has 0 aromatic rings. The first-order chi connectivity index (χ1) is 30.8. The van der Waals surface area contributed by atoms with Crippen molar-refractivity contribution in [3.63, 3.8) is 0 Å². The average Bonchev–Trinajstić information content (AvgIpc) is 3.27. The van der Waals surface area contributed by atoms with Crippen LogP contribution in [0, 0.1) is 11.8 Å². The van der Waals surface area contributed by atoms with Crippen molar-refractivity contribution < 1.29 is 28.6 Å². The second-order valence-electron chi connectivity index (χ2n) is 20.3. The van der Waals surface area contributed by atoms with Crippen LogP contribution in [0.3, 0.4) is 0 Å². The normalized spacial score (nSPS) is 12.5. The van der Waals surface area contributed by atoms with Crippen LogP contribution in [0.15, 0.2) is 0 Å². The predicted molar refractivity (Wildman–Crippen MR) is 270 cm³/mol. The Hall–Kier alpha value is -1.59. The molecule has 0 saturated heterocycles. The molecular weight excluding hydrogens is 781 g/mol. The van der Waals surface area contributed by atoms with Gasteiger partial charge in [-0.2, -0.15) is 0 Å². The lowest BCUT2D eigenvalue weighted by molar-refractivity contribution is -0.167. The lowest BCUT2D eigenvalue weighted by atomic mass is 9.99. The number of hydrogen-bond donors (Lipinski definition) is 0. The standard InChI is InChI=1S/C57H110O6/c1-6-8-9-35-42-47-55(58)61-50-54(51-62-56(59)48-43-38-33-29-25-21-18-14-15-19-23-27-31-36-40-45-52(3)4)63-57(60)49-44-39-34-30-26-22-17-13-11-10-12-16-20-24-28-32-37-41-46-53(5)7-2/h52-54H,6-51H2,1-5H3/t53?,54-/m1/s1. The summed E-state index contributed by atoms with van der Waals surface area (Å²) in [4.78, 5) is 37.8. The summed E-state index contributed by atoms with van der Waals surface area (Å²) < 4.78 is 16.7. The van der Waals surface area contributed by atoms with Gasteiger partial charge in [0.1, 0.15) is 13.2 Å². The van der Waals surface area contributed by atoms with Crippen LogP contribution in [0.1, 0.15) is 317 Å². The minimum absolute atomic E-state index is 0.0640. The molecule has 0 heterocycles. The van der Waals surface area contributed by atoms with Gasteiger partial charge >= 0.3 is 17.9 Å². The SMILES string of the molecule is CCCCCCCC(=O)OC[C@H](COC(=O)CCCCCCCCCCCCCCCCCC(C)C)OC(=O)CCCCCCCCCCCCCCCCCCCCC(C)CC. The van der Waals surface area contributed by atoms with Gasteiger partial charge in [-0.15, -0.1) is 0 Å². The Morgan fingerprint density at radius 3 is 0.905 bits per heavy atom. The largest absolute Gasteiger partial charge is 0.462 e. The van der Waals surface area contributed by atoms with Crippen LogP contribution >= 0.6 is 0 Å². The van der Waals surface area contributed by atoms with Gasteiger partial charge in [0.2, 0.25) is 0 Å². The highest BCUT2D eigenvalue weighted by atomic mass is 16.6. The van der Waals surface area contributed by atoms with Gasteiger partial charge in [0.15, 0.2) is 6.10 Å². The van der Waals surface area contributed by atoms with Gasteiger partial charge in [0.25, 0.3) is 0 Å². The summed E-state index contributed by atoms with van der Waals surface area (Å²) in [5.74, 6) is 0.902. The molecule has 6 heteroatoms. The van der Waals surface area contributed by atoms with Gasteiger partial charge in [-0.25, -0.2) is 0 Å². The Morgan fingerprint density at radius 1 is 0.333 bits per heavy atom. The highest BCUT2D eigenvalue weighted by Gasteiger charge is 2.19. The van der Waals surface area contributed by atoms with Crippen molar-refractivity contribution in [2.45, 2.75) is 323 Å². The molecule has 2 atom stereocenters. The summed E-state index contributed by atoms with van der Waals surface area (Å²) in [7, 11) is 0. The quantitative estimate of drug-likeness (QED) is 0.0344. The van der Waals surface area contributed by atoms with Crippen molar-refractivity contribution in [3.05, 3.63) is 0 Å². The fraction of sp³-hybridized carbons (Fsp3) is 0.947. The number of hydrogen-bond acceptors (Lipinski definition) is 6. The predicted octanol–water partition coefficient (Wildman–Crippen LogP) is 18.5. The highest BCUT2D eigenvalue weighted by molar-refractivity contribution is 5.71. The molecule has 0 spiro atoms. The topological polar surface area (TPSA) is 78.9 Å². The molecule has 0 amide bonds. The first kappa shape index (κ1) is 61.4. The molecule has 0 saturated carbocycles. The molecule has 63 heavy (non-hydrogen) atoms. The zero-order valence-electron chi connectivity index (χ0n) is 43.2. The molecule has 0 fully saturated rings. The molecule has 1 unspecified atom stereocenters. The second-order valence-corrected chi connectivity index (χ2v) is 20.3. The lowest BCUT2D eigenvalue weighted by Crippen LogP contribution is -2.30. The number of carbonyl (C=O) groups is 3. The van der Waals surface area contributed by atoms with E-state index >= 15 is 0 Å². The molecule has 0 bridgehead atoms. The first-order valence-electron chi connectivity index (χ1n) is 28.3. The maximum atomic E-state index is 12.8. The fourth-order valence-corrected chi connectivity index (χ4v) is 8.66. The van der Waals surface area contributed by atoms with E-state index in [1.54, 1.807) is 0 Å². The number of esters is 3. The molecule has 374 valence electrons. The van der Waals surface area contributed by atoms with E-state index in [2.05, 4.69) is 34.6 Å². The van der Waals surface area contributed by atoms with Crippen LogP contribution in [0.4, 0.5) is 0 Å². The Balaban J connectivity index is 4.04. The minimum atomic E-state index is -0.760. The molecule has 0 rings (SSSR count). The Labute approximate surface area is 393 Å². The summed E-state index contributed by atoms with van der Waals surface area (Å²) in [5, 5.41) is 0. The number of unbranched alkanes of at least 4 members (excludes halogenated alkanes) is 35.